The maximum atomic E-state index is 12.6. The molecule has 0 aromatic heterocycles. The van der Waals surface area contributed by atoms with Crippen LogP contribution in [0.3, 0.4) is 0 Å². The number of carbonyl (C=O) groups is 1. The summed E-state index contributed by atoms with van der Waals surface area (Å²) in [7, 11) is -3.07. The fourth-order valence-electron chi connectivity index (χ4n) is 3.80. The van der Waals surface area contributed by atoms with Crippen molar-refractivity contribution < 1.29 is 13.2 Å². The third-order valence-electron chi connectivity index (χ3n) is 5.53. The van der Waals surface area contributed by atoms with Crippen molar-refractivity contribution >= 4 is 38.4 Å². The van der Waals surface area contributed by atoms with Crippen LogP contribution in [-0.2, 0) is 21.1 Å². The van der Waals surface area contributed by atoms with E-state index in [-0.39, 0.29) is 28.7 Å². The molecule has 0 N–H and O–H groups in total. The number of aliphatic imine (C=N–C) groups is 1. The molecule has 2 aliphatic rings. The monoisotopic (exact) mass is 428 g/mol. The maximum absolute atomic E-state index is 12.6. The number of anilines is 1. The first-order valence-electron chi connectivity index (χ1n) is 9.71. The van der Waals surface area contributed by atoms with Crippen LogP contribution in [0.1, 0.15) is 23.1 Å². The minimum Gasteiger partial charge on any atom is -0.316 e. The lowest BCUT2D eigenvalue weighted by atomic mass is 10.1. The van der Waals surface area contributed by atoms with Crippen molar-refractivity contribution in [1.82, 2.24) is 0 Å². The number of amidine groups is 1. The first kappa shape index (κ1) is 20.2. The third-order valence-corrected chi connectivity index (χ3v) is 8.74. The van der Waals surface area contributed by atoms with Crippen molar-refractivity contribution in [3.05, 3.63) is 65.2 Å². The summed E-state index contributed by atoms with van der Waals surface area (Å²) >= 11 is 1.42. The zero-order chi connectivity index (χ0) is 20.6. The van der Waals surface area contributed by atoms with Gasteiger partial charge in [0.2, 0.25) is 5.91 Å². The van der Waals surface area contributed by atoms with E-state index in [0.717, 1.165) is 16.8 Å². The molecule has 0 radical (unpaired) electrons. The van der Waals surface area contributed by atoms with E-state index in [0.29, 0.717) is 18.0 Å². The molecule has 0 unspecified atom stereocenters. The summed E-state index contributed by atoms with van der Waals surface area (Å²) < 4.78 is 24.4. The number of rotatable bonds is 4. The summed E-state index contributed by atoms with van der Waals surface area (Å²) in [6.45, 7) is 4.08. The topological polar surface area (TPSA) is 66.8 Å². The first-order chi connectivity index (χ1) is 13.8. The molecule has 2 saturated heterocycles. The zero-order valence-corrected chi connectivity index (χ0v) is 18.2. The average Bonchev–Trinajstić information content (AvgIpc) is 3.14. The summed E-state index contributed by atoms with van der Waals surface area (Å²) in [6, 6.07) is 15.8. The molecular weight excluding hydrogens is 404 g/mol. The van der Waals surface area contributed by atoms with E-state index < -0.39 is 9.84 Å². The minimum absolute atomic E-state index is 0.0812. The van der Waals surface area contributed by atoms with Gasteiger partial charge in [-0.2, -0.15) is 4.99 Å². The molecule has 29 heavy (non-hydrogen) atoms. The molecule has 2 aliphatic heterocycles. The predicted octanol–water partition coefficient (Wildman–Crippen LogP) is 3.54. The van der Waals surface area contributed by atoms with Gasteiger partial charge in [0.15, 0.2) is 15.0 Å². The molecule has 152 valence electrons. The predicted molar refractivity (Wildman–Crippen MR) is 119 cm³/mol. The molecule has 2 aromatic rings. The summed E-state index contributed by atoms with van der Waals surface area (Å²) in [5.41, 5.74) is 4.31. The number of amides is 1. The van der Waals surface area contributed by atoms with E-state index in [1.807, 2.05) is 67.3 Å². The Bertz CT molecular complexity index is 1060. The van der Waals surface area contributed by atoms with Gasteiger partial charge < -0.3 is 4.90 Å². The Morgan fingerprint density at radius 2 is 1.86 bits per heavy atom. The van der Waals surface area contributed by atoms with Crippen molar-refractivity contribution in [2.75, 3.05) is 16.4 Å². The Morgan fingerprint density at radius 3 is 2.59 bits per heavy atom. The van der Waals surface area contributed by atoms with Gasteiger partial charge in [-0.05, 0) is 49.1 Å². The lowest BCUT2D eigenvalue weighted by Crippen LogP contribution is -2.37. The smallest absolute Gasteiger partial charge is 0.248 e. The minimum atomic E-state index is -3.07. The van der Waals surface area contributed by atoms with E-state index in [1.54, 1.807) is 0 Å². The van der Waals surface area contributed by atoms with Gasteiger partial charge >= 0.3 is 0 Å². The van der Waals surface area contributed by atoms with Crippen LogP contribution in [0.2, 0.25) is 0 Å². The molecule has 5 nitrogen and oxygen atoms in total. The molecule has 0 spiro atoms. The molecule has 0 aliphatic carbocycles. The van der Waals surface area contributed by atoms with E-state index in [9.17, 15) is 13.2 Å². The van der Waals surface area contributed by atoms with Crippen LogP contribution in [0.15, 0.2) is 53.5 Å². The highest BCUT2D eigenvalue weighted by Gasteiger charge is 2.49. The number of carbonyl (C=O) groups excluding carboxylic acids is 1. The van der Waals surface area contributed by atoms with Gasteiger partial charge in [0, 0.05) is 17.4 Å². The fraction of sp³-hybridized carbons (Fsp3) is 0.364. The molecule has 2 heterocycles. The molecule has 7 heteroatoms. The normalized spacial score (nSPS) is 24.1. The lowest BCUT2D eigenvalue weighted by molar-refractivity contribution is -0.117. The molecule has 0 bridgehead atoms. The Labute approximate surface area is 176 Å². The summed E-state index contributed by atoms with van der Waals surface area (Å²) in [5.74, 6) is 0.0726. The average molecular weight is 429 g/mol. The Balaban J connectivity index is 1.59. The Hall–Kier alpha value is -2.12. The Kier molecular flexibility index (Phi) is 5.53. The number of thioether (sulfide) groups is 1. The highest BCUT2D eigenvalue weighted by molar-refractivity contribution is 8.16. The molecule has 0 saturated carbocycles. The van der Waals surface area contributed by atoms with Gasteiger partial charge in [0.1, 0.15) is 0 Å². The van der Waals surface area contributed by atoms with Crippen molar-refractivity contribution in [3.63, 3.8) is 0 Å². The molecule has 2 fully saturated rings. The molecular formula is C22H24N2O3S2. The summed E-state index contributed by atoms with van der Waals surface area (Å²) in [6.07, 6.45) is 0.981. The number of hydrogen-bond donors (Lipinski definition) is 0. The van der Waals surface area contributed by atoms with Crippen LogP contribution in [-0.4, -0.2) is 42.3 Å². The largest absolute Gasteiger partial charge is 0.316 e. The van der Waals surface area contributed by atoms with Crippen molar-refractivity contribution in [2.24, 2.45) is 4.99 Å². The highest BCUT2D eigenvalue weighted by atomic mass is 32.2. The second kappa shape index (κ2) is 7.95. The number of sulfone groups is 1. The van der Waals surface area contributed by atoms with Crippen LogP contribution in [0.5, 0.6) is 0 Å². The number of aryl methyl sites for hydroxylation is 3. The number of benzene rings is 2. The zero-order valence-electron chi connectivity index (χ0n) is 16.5. The number of nitrogens with zero attached hydrogens (tertiary/aromatic N) is 2. The second-order valence-corrected chi connectivity index (χ2v) is 11.1. The number of fused-ring (bicyclic) bond motifs is 1. The van der Waals surface area contributed by atoms with Crippen LogP contribution in [0.4, 0.5) is 5.69 Å². The SMILES string of the molecule is Cc1ccc(N2C(=NC(=O)CCc3ccccc3)S[C@H]3CS(=O)(=O)C[C@H]32)cc1C. The van der Waals surface area contributed by atoms with Gasteiger partial charge in [-0.15, -0.1) is 0 Å². The number of hydrogen-bond acceptors (Lipinski definition) is 4. The highest BCUT2D eigenvalue weighted by Crippen LogP contribution is 2.41. The molecule has 2 aromatic carbocycles. The third kappa shape index (κ3) is 4.41. The Morgan fingerprint density at radius 1 is 1.10 bits per heavy atom. The van der Waals surface area contributed by atoms with Crippen LogP contribution in [0, 0.1) is 13.8 Å². The van der Waals surface area contributed by atoms with Gasteiger partial charge in [-0.25, -0.2) is 8.42 Å². The molecule has 1 amide bonds. The standard InChI is InChI=1S/C22H24N2O3S2/c1-15-8-10-18(12-16(15)2)24-19-13-29(26,27)14-20(19)28-22(24)23-21(25)11-9-17-6-4-3-5-7-17/h3-8,10,12,19-20H,9,11,13-14H2,1-2H3/t19-,20+/m1/s1. The van der Waals surface area contributed by atoms with Gasteiger partial charge in [-0.3, -0.25) is 4.79 Å². The van der Waals surface area contributed by atoms with Gasteiger partial charge in [-0.1, -0.05) is 48.2 Å². The lowest BCUT2D eigenvalue weighted by Gasteiger charge is -2.25. The van der Waals surface area contributed by atoms with Crippen LogP contribution in [0.25, 0.3) is 0 Å². The fourth-order valence-corrected chi connectivity index (χ4v) is 7.73. The van der Waals surface area contributed by atoms with E-state index in [1.165, 1.54) is 17.3 Å². The maximum Gasteiger partial charge on any atom is 0.248 e. The second-order valence-electron chi connectivity index (χ2n) is 7.71. The van der Waals surface area contributed by atoms with E-state index >= 15 is 0 Å². The summed E-state index contributed by atoms with van der Waals surface area (Å²) in [4.78, 5) is 18.9. The van der Waals surface area contributed by atoms with Gasteiger partial charge in [0.05, 0.1) is 17.5 Å². The van der Waals surface area contributed by atoms with Crippen LogP contribution >= 0.6 is 11.8 Å². The van der Waals surface area contributed by atoms with Gasteiger partial charge in [0.25, 0.3) is 0 Å². The van der Waals surface area contributed by atoms with E-state index in [4.69, 9.17) is 0 Å². The van der Waals surface area contributed by atoms with Crippen molar-refractivity contribution in [1.29, 1.82) is 0 Å². The van der Waals surface area contributed by atoms with Crippen LogP contribution < -0.4 is 4.90 Å². The molecule has 4 rings (SSSR count). The van der Waals surface area contributed by atoms with Crippen molar-refractivity contribution in [3.8, 4) is 0 Å². The van der Waals surface area contributed by atoms with Crippen molar-refractivity contribution in [2.45, 2.75) is 38.0 Å². The van der Waals surface area contributed by atoms with E-state index in [2.05, 4.69) is 4.99 Å². The molecule has 2 atom stereocenters. The quantitative estimate of drug-likeness (QED) is 0.745. The summed E-state index contributed by atoms with van der Waals surface area (Å²) in [5, 5.41) is 0.540. The first-order valence-corrected chi connectivity index (χ1v) is 12.4.